The van der Waals surface area contributed by atoms with Crippen LogP contribution < -0.4 is 9.47 Å². The SMILES string of the molecule is COc1cccc(-c2nc(CN3CCCC3c3nc4ccc(F)cc4[nH]3)c(C)o2)c1OC. The minimum atomic E-state index is -0.269. The molecule has 0 radical (unpaired) electrons. The smallest absolute Gasteiger partial charge is 0.230 e. The fraction of sp³-hybridized carbons (Fsp3) is 0.333. The molecule has 3 heterocycles. The lowest BCUT2D eigenvalue weighted by atomic mass is 10.2. The molecule has 1 aliphatic rings. The number of aromatic amines is 1. The van der Waals surface area contributed by atoms with Gasteiger partial charge >= 0.3 is 0 Å². The quantitative estimate of drug-likeness (QED) is 0.457. The molecule has 32 heavy (non-hydrogen) atoms. The van der Waals surface area contributed by atoms with E-state index in [9.17, 15) is 4.39 Å². The van der Waals surface area contributed by atoms with Gasteiger partial charge in [0.05, 0.1) is 42.6 Å². The molecule has 0 aliphatic carbocycles. The molecule has 1 N–H and O–H groups in total. The average Bonchev–Trinajstić information content (AvgIpc) is 3.51. The Labute approximate surface area is 185 Å². The molecule has 2 aromatic carbocycles. The van der Waals surface area contributed by atoms with Crippen molar-refractivity contribution >= 4 is 11.0 Å². The maximum Gasteiger partial charge on any atom is 0.230 e. The van der Waals surface area contributed by atoms with E-state index >= 15 is 0 Å². The summed E-state index contributed by atoms with van der Waals surface area (Å²) in [7, 11) is 3.21. The molecule has 4 aromatic rings. The highest BCUT2D eigenvalue weighted by atomic mass is 19.1. The number of nitrogens with one attached hydrogen (secondary N) is 1. The number of aromatic nitrogens is 3. The second-order valence-corrected chi connectivity index (χ2v) is 7.97. The number of halogens is 1. The first-order valence-corrected chi connectivity index (χ1v) is 10.6. The van der Waals surface area contributed by atoms with E-state index in [4.69, 9.17) is 23.9 Å². The Hall–Kier alpha value is -3.39. The lowest BCUT2D eigenvalue weighted by Crippen LogP contribution is -2.24. The topological polar surface area (TPSA) is 76.4 Å². The van der Waals surface area contributed by atoms with Gasteiger partial charge in [-0.15, -0.1) is 0 Å². The number of para-hydroxylation sites is 1. The fourth-order valence-corrected chi connectivity index (χ4v) is 4.42. The molecule has 1 atom stereocenters. The number of aryl methyl sites for hydroxylation is 1. The van der Waals surface area contributed by atoms with Crippen molar-refractivity contribution in [2.75, 3.05) is 20.8 Å². The van der Waals surface area contributed by atoms with Gasteiger partial charge in [0.1, 0.15) is 17.4 Å². The molecule has 8 heteroatoms. The first kappa shape index (κ1) is 20.5. The van der Waals surface area contributed by atoms with Crippen LogP contribution in [0.5, 0.6) is 11.5 Å². The molecule has 1 saturated heterocycles. The van der Waals surface area contributed by atoms with Crippen LogP contribution >= 0.6 is 0 Å². The number of oxazole rings is 1. The number of imidazole rings is 1. The highest BCUT2D eigenvalue weighted by Crippen LogP contribution is 2.39. The van der Waals surface area contributed by atoms with Crippen molar-refractivity contribution < 1.29 is 18.3 Å². The summed E-state index contributed by atoms with van der Waals surface area (Å²) in [6, 6.07) is 10.4. The number of fused-ring (bicyclic) bond motifs is 1. The predicted octanol–water partition coefficient (Wildman–Crippen LogP) is 5.02. The Kier molecular flexibility index (Phi) is 5.30. The summed E-state index contributed by atoms with van der Waals surface area (Å²) in [6.07, 6.45) is 2.04. The molecule has 5 rings (SSSR count). The van der Waals surface area contributed by atoms with Gasteiger partial charge in [0.15, 0.2) is 11.5 Å². The second-order valence-electron chi connectivity index (χ2n) is 7.97. The summed E-state index contributed by atoms with van der Waals surface area (Å²) in [5.74, 6) is 3.08. The van der Waals surface area contributed by atoms with E-state index in [1.54, 1.807) is 20.3 Å². The van der Waals surface area contributed by atoms with Gasteiger partial charge in [0, 0.05) is 6.54 Å². The predicted molar refractivity (Wildman–Crippen MR) is 118 cm³/mol. The van der Waals surface area contributed by atoms with Gasteiger partial charge in [-0.25, -0.2) is 14.4 Å². The Balaban J connectivity index is 1.42. The van der Waals surface area contributed by atoms with Crippen LogP contribution in [0.4, 0.5) is 4.39 Å². The Bertz CT molecular complexity index is 1270. The van der Waals surface area contributed by atoms with Crippen molar-refractivity contribution in [1.82, 2.24) is 19.9 Å². The molecule has 1 unspecified atom stereocenters. The van der Waals surface area contributed by atoms with E-state index < -0.39 is 0 Å². The molecule has 0 amide bonds. The zero-order valence-electron chi connectivity index (χ0n) is 18.3. The molecule has 0 saturated carbocycles. The summed E-state index contributed by atoms with van der Waals surface area (Å²) < 4.78 is 30.5. The van der Waals surface area contributed by atoms with E-state index in [0.717, 1.165) is 53.3 Å². The van der Waals surface area contributed by atoms with Gasteiger partial charge < -0.3 is 18.9 Å². The standard InChI is InChI=1S/C24H25FN4O3/c1-14-19(28-24(32-14)16-6-4-8-21(30-2)22(16)31-3)13-29-11-5-7-20(29)23-26-17-10-9-15(25)12-18(17)27-23/h4,6,8-10,12,20H,5,7,11,13H2,1-3H3,(H,26,27). The largest absolute Gasteiger partial charge is 0.493 e. The normalized spacial score (nSPS) is 16.7. The maximum atomic E-state index is 13.6. The monoisotopic (exact) mass is 436 g/mol. The number of hydrogen-bond donors (Lipinski definition) is 1. The van der Waals surface area contributed by atoms with Crippen LogP contribution in [0.2, 0.25) is 0 Å². The van der Waals surface area contributed by atoms with E-state index in [2.05, 4.69) is 9.88 Å². The number of ether oxygens (including phenoxy) is 2. The lowest BCUT2D eigenvalue weighted by Gasteiger charge is -2.21. The molecule has 1 aliphatic heterocycles. The van der Waals surface area contributed by atoms with Gasteiger partial charge in [0.2, 0.25) is 5.89 Å². The van der Waals surface area contributed by atoms with Crippen LogP contribution in [0.1, 0.15) is 36.2 Å². The van der Waals surface area contributed by atoms with Gasteiger partial charge in [-0.2, -0.15) is 0 Å². The van der Waals surface area contributed by atoms with E-state index in [1.165, 1.54) is 12.1 Å². The van der Waals surface area contributed by atoms with Crippen LogP contribution in [0.15, 0.2) is 40.8 Å². The minimum absolute atomic E-state index is 0.122. The second kappa shape index (κ2) is 8.27. The first-order chi connectivity index (χ1) is 15.6. The number of methoxy groups -OCH3 is 2. The molecule has 0 spiro atoms. The minimum Gasteiger partial charge on any atom is -0.493 e. The van der Waals surface area contributed by atoms with Gasteiger partial charge in [-0.1, -0.05) is 6.07 Å². The van der Waals surface area contributed by atoms with Gasteiger partial charge in [0.25, 0.3) is 0 Å². The summed E-state index contributed by atoms with van der Waals surface area (Å²) in [6.45, 7) is 3.49. The number of nitrogens with zero attached hydrogens (tertiary/aromatic N) is 3. The number of hydrogen-bond acceptors (Lipinski definition) is 6. The van der Waals surface area contributed by atoms with Crippen LogP contribution in [0.25, 0.3) is 22.5 Å². The molecule has 2 aromatic heterocycles. The Morgan fingerprint density at radius 1 is 1.19 bits per heavy atom. The highest BCUT2D eigenvalue weighted by molar-refractivity contribution is 5.75. The average molecular weight is 436 g/mol. The van der Waals surface area contributed by atoms with E-state index in [0.29, 0.717) is 23.9 Å². The van der Waals surface area contributed by atoms with Crippen molar-refractivity contribution in [3.05, 3.63) is 59.5 Å². The van der Waals surface area contributed by atoms with Crippen LogP contribution in [-0.2, 0) is 6.54 Å². The Morgan fingerprint density at radius 3 is 2.88 bits per heavy atom. The summed E-state index contributed by atoms with van der Waals surface area (Å²) in [4.78, 5) is 15.1. The molecule has 1 fully saturated rings. The van der Waals surface area contributed by atoms with Crippen molar-refractivity contribution in [2.24, 2.45) is 0 Å². The van der Waals surface area contributed by atoms with Crippen LogP contribution in [-0.4, -0.2) is 40.6 Å². The number of H-pyrrole nitrogens is 1. The zero-order valence-corrected chi connectivity index (χ0v) is 18.3. The third-order valence-corrected chi connectivity index (χ3v) is 6.02. The van der Waals surface area contributed by atoms with Crippen molar-refractivity contribution in [2.45, 2.75) is 32.4 Å². The Morgan fingerprint density at radius 2 is 2.06 bits per heavy atom. The maximum absolute atomic E-state index is 13.6. The third kappa shape index (κ3) is 3.60. The van der Waals surface area contributed by atoms with E-state index in [-0.39, 0.29) is 11.9 Å². The van der Waals surface area contributed by atoms with Crippen molar-refractivity contribution in [3.8, 4) is 23.0 Å². The number of rotatable bonds is 6. The molecular weight excluding hydrogens is 411 g/mol. The molecule has 166 valence electrons. The number of benzene rings is 2. The summed E-state index contributed by atoms with van der Waals surface area (Å²) in [5.41, 5.74) is 3.12. The molecular formula is C24H25FN4O3. The van der Waals surface area contributed by atoms with Crippen molar-refractivity contribution in [3.63, 3.8) is 0 Å². The van der Waals surface area contributed by atoms with Crippen LogP contribution in [0.3, 0.4) is 0 Å². The molecule has 0 bridgehead atoms. The lowest BCUT2D eigenvalue weighted by molar-refractivity contribution is 0.237. The van der Waals surface area contributed by atoms with E-state index in [1.807, 2.05) is 25.1 Å². The van der Waals surface area contributed by atoms with Gasteiger partial charge in [-0.05, 0) is 56.6 Å². The summed E-state index contributed by atoms with van der Waals surface area (Å²) >= 11 is 0. The van der Waals surface area contributed by atoms with Crippen LogP contribution in [0, 0.1) is 12.7 Å². The third-order valence-electron chi connectivity index (χ3n) is 6.02. The summed E-state index contributed by atoms with van der Waals surface area (Å²) in [5, 5.41) is 0. The first-order valence-electron chi connectivity index (χ1n) is 10.6. The fourth-order valence-electron chi connectivity index (χ4n) is 4.42. The van der Waals surface area contributed by atoms with Crippen molar-refractivity contribution in [1.29, 1.82) is 0 Å². The highest BCUT2D eigenvalue weighted by Gasteiger charge is 2.30. The number of likely N-dealkylation sites (tertiary alicyclic amines) is 1. The van der Waals surface area contributed by atoms with Gasteiger partial charge in [-0.3, -0.25) is 4.90 Å². The molecule has 7 nitrogen and oxygen atoms in total. The zero-order chi connectivity index (χ0) is 22.2.